The Morgan fingerprint density at radius 2 is 1.95 bits per heavy atom. The zero-order valence-electron chi connectivity index (χ0n) is 11.8. The Balaban J connectivity index is 1.79. The van der Waals surface area contributed by atoms with Gasteiger partial charge in [0.1, 0.15) is 6.61 Å². The summed E-state index contributed by atoms with van der Waals surface area (Å²) in [4.78, 5) is 4.37. The Morgan fingerprint density at radius 3 is 2.65 bits per heavy atom. The van der Waals surface area contributed by atoms with Gasteiger partial charge in [-0.05, 0) is 18.4 Å². The highest BCUT2D eigenvalue weighted by atomic mass is 16.5. The van der Waals surface area contributed by atoms with Gasteiger partial charge in [0.25, 0.3) is 0 Å². The second kappa shape index (κ2) is 6.60. The first-order valence-corrected chi connectivity index (χ1v) is 7.63. The molecular formula is C17H22N2O. The first-order valence-electron chi connectivity index (χ1n) is 7.63. The maximum Gasteiger partial charge on any atom is 0.210 e. The van der Waals surface area contributed by atoms with E-state index >= 15 is 0 Å². The van der Waals surface area contributed by atoms with Crippen molar-refractivity contribution in [1.82, 2.24) is 5.32 Å². The van der Waals surface area contributed by atoms with E-state index in [9.17, 15) is 0 Å². The van der Waals surface area contributed by atoms with Crippen molar-refractivity contribution in [3.8, 4) is 0 Å². The van der Waals surface area contributed by atoms with E-state index in [2.05, 4.69) is 40.7 Å². The van der Waals surface area contributed by atoms with Gasteiger partial charge >= 0.3 is 0 Å². The zero-order chi connectivity index (χ0) is 13.6. The second-order valence-corrected chi connectivity index (χ2v) is 5.47. The molecule has 1 aromatic rings. The summed E-state index contributed by atoms with van der Waals surface area (Å²) in [6.45, 7) is 1.48. The summed E-state index contributed by atoms with van der Waals surface area (Å²) < 4.78 is 5.53. The van der Waals surface area contributed by atoms with Crippen LogP contribution in [0.3, 0.4) is 0 Å². The summed E-state index contributed by atoms with van der Waals surface area (Å²) in [6.07, 6.45) is 8.61. The van der Waals surface area contributed by atoms with E-state index in [-0.39, 0.29) is 0 Å². The SMILES string of the molecule is C(/C1=NCCO1)=C(\NC1CCCCC1)c1ccccc1. The van der Waals surface area contributed by atoms with Gasteiger partial charge < -0.3 is 10.1 Å². The Kier molecular flexibility index (Phi) is 4.36. The summed E-state index contributed by atoms with van der Waals surface area (Å²) in [5.74, 6) is 0.757. The van der Waals surface area contributed by atoms with E-state index < -0.39 is 0 Å². The number of benzene rings is 1. The topological polar surface area (TPSA) is 33.6 Å². The van der Waals surface area contributed by atoms with E-state index in [1.807, 2.05) is 6.07 Å². The van der Waals surface area contributed by atoms with Gasteiger partial charge in [0.15, 0.2) is 0 Å². The molecule has 0 radical (unpaired) electrons. The van der Waals surface area contributed by atoms with Crippen LogP contribution in [0, 0.1) is 0 Å². The van der Waals surface area contributed by atoms with Crippen LogP contribution in [-0.2, 0) is 4.74 Å². The fourth-order valence-electron chi connectivity index (χ4n) is 2.86. The maximum atomic E-state index is 5.53. The van der Waals surface area contributed by atoms with E-state index in [1.165, 1.54) is 37.7 Å². The molecule has 3 rings (SSSR count). The Labute approximate surface area is 120 Å². The van der Waals surface area contributed by atoms with Crippen LogP contribution in [0.5, 0.6) is 0 Å². The van der Waals surface area contributed by atoms with Crippen LogP contribution in [-0.4, -0.2) is 25.1 Å². The quantitative estimate of drug-likeness (QED) is 0.910. The molecule has 106 valence electrons. The second-order valence-electron chi connectivity index (χ2n) is 5.47. The highest BCUT2D eigenvalue weighted by Gasteiger charge is 2.16. The van der Waals surface area contributed by atoms with Gasteiger partial charge in [-0.3, -0.25) is 0 Å². The van der Waals surface area contributed by atoms with Crippen LogP contribution in [0.4, 0.5) is 0 Å². The van der Waals surface area contributed by atoms with Crippen molar-refractivity contribution in [3.63, 3.8) is 0 Å². The molecule has 0 atom stereocenters. The van der Waals surface area contributed by atoms with Crippen LogP contribution in [0.25, 0.3) is 5.70 Å². The average Bonchev–Trinajstić information content (AvgIpc) is 3.02. The first kappa shape index (κ1) is 13.2. The number of nitrogens with zero attached hydrogens (tertiary/aromatic N) is 1. The van der Waals surface area contributed by atoms with E-state index in [0.717, 1.165) is 18.1 Å². The molecule has 0 aromatic heterocycles. The molecular weight excluding hydrogens is 248 g/mol. The Hall–Kier alpha value is -1.77. The number of hydrogen-bond donors (Lipinski definition) is 1. The lowest BCUT2D eigenvalue weighted by molar-refractivity contribution is 0.349. The molecule has 0 spiro atoms. The number of rotatable bonds is 4. The third-order valence-electron chi connectivity index (χ3n) is 3.93. The minimum absolute atomic E-state index is 0.581. The molecule has 0 amide bonds. The van der Waals surface area contributed by atoms with Gasteiger partial charge in [-0.1, -0.05) is 49.6 Å². The number of ether oxygens (including phenoxy) is 1. The maximum absolute atomic E-state index is 5.53. The predicted octanol–water partition coefficient (Wildman–Crippen LogP) is 3.38. The summed E-state index contributed by atoms with van der Waals surface area (Å²) in [5.41, 5.74) is 2.34. The fourth-order valence-corrected chi connectivity index (χ4v) is 2.86. The molecule has 2 aliphatic rings. The molecule has 1 heterocycles. The number of hydrogen-bond acceptors (Lipinski definition) is 3. The molecule has 1 aliphatic heterocycles. The van der Waals surface area contributed by atoms with E-state index in [0.29, 0.717) is 12.6 Å². The Bertz CT molecular complexity index is 487. The van der Waals surface area contributed by atoms with E-state index in [1.54, 1.807) is 0 Å². The highest BCUT2D eigenvalue weighted by molar-refractivity contribution is 5.95. The third kappa shape index (κ3) is 3.41. The van der Waals surface area contributed by atoms with Crippen LogP contribution >= 0.6 is 0 Å². The van der Waals surface area contributed by atoms with Gasteiger partial charge in [-0.15, -0.1) is 0 Å². The van der Waals surface area contributed by atoms with Crippen molar-refractivity contribution in [2.24, 2.45) is 4.99 Å². The van der Waals surface area contributed by atoms with Crippen molar-refractivity contribution in [2.45, 2.75) is 38.1 Å². The number of nitrogens with one attached hydrogen (secondary N) is 1. The molecule has 1 fully saturated rings. The predicted molar refractivity (Wildman–Crippen MR) is 82.7 cm³/mol. The van der Waals surface area contributed by atoms with Gasteiger partial charge in [-0.2, -0.15) is 0 Å². The summed E-state index contributed by atoms with van der Waals surface area (Å²) in [6, 6.07) is 11.0. The fraction of sp³-hybridized carbons (Fsp3) is 0.471. The summed E-state index contributed by atoms with van der Waals surface area (Å²) >= 11 is 0. The van der Waals surface area contributed by atoms with Gasteiger partial charge in [-0.25, -0.2) is 4.99 Å². The van der Waals surface area contributed by atoms with Gasteiger partial charge in [0.05, 0.1) is 6.54 Å². The van der Waals surface area contributed by atoms with Crippen molar-refractivity contribution < 1.29 is 4.74 Å². The minimum Gasteiger partial charge on any atom is -0.476 e. The van der Waals surface area contributed by atoms with Crippen molar-refractivity contribution in [2.75, 3.05) is 13.2 Å². The lowest BCUT2D eigenvalue weighted by atomic mass is 9.95. The molecule has 0 unspecified atom stereocenters. The molecule has 1 saturated carbocycles. The standard InChI is InChI=1S/C17H22N2O/c1-3-7-14(8-4-1)16(13-17-18-11-12-20-17)19-15-9-5-2-6-10-15/h1,3-4,7-8,13,15,19H,2,5-6,9-12H2/b16-13+. The molecule has 0 bridgehead atoms. The van der Waals surface area contributed by atoms with Gasteiger partial charge in [0, 0.05) is 17.8 Å². The summed E-state index contributed by atoms with van der Waals surface area (Å²) in [5, 5.41) is 3.70. The van der Waals surface area contributed by atoms with Crippen molar-refractivity contribution >= 4 is 11.6 Å². The Morgan fingerprint density at radius 1 is 1.15 bits per heavy atom. The largest absolute Gasteiger partial charge is 0.476 e. The minimum atomic E-state index is 0.581. The normalized spacial score (nSPS) is 20.4. The first-order chi connectivity index (χ1) is 9.92. The third-order valence-corrected chi connectivity index (χ3v) is 3.93. The van der Waals surface area contributed by atoms with E-state index in [4.69, 9.17) is 4.74 Å². The molecule has 20 heavy (non-hydrogen) atoms. The molecule has 1 aliphatic carbocycles. The van der Waals surface area contributed by atoms with Crippen LogP contribution < -0.4 is 5.32 Å². The zero-order valence-corrected chi connectivity index (χ0v) is 11.8. The molecule has 1 aromatic carbocycles. The number of aliphatic imine (C=N–C) groups is 1. The molecule has 1 N–H and O–H groups in total. The molecule has 3 heteroatoms. The average molecular weight is 270 g/mol. The lowest BCUT2D eigenvalue weighted by Gasteiger charge is -2.25. The van der Waals surface area contributed by atoms with Crippen molar-refractivity contribution in [1.29, 1.82) is 0 Å². The molecule has 0 saturated heterocycles. The van der Waals surface area contributed by atoms with Crippen LogP contribution in [0.2, 0.25) is 0 Å². The van der Waals surface area contributed by atoms with Gasteiger partial charge in [0.2, 0.25) is 5.90 Å². The molecule has 3 nitrogen and oxygen atoms in total. The van der Waals surface area contributed by atoms with Crippen LogP contribution in [0.1, 0.15) is 37.7 Å². The van der Waals surface area contributed by atoms with Crippen LogP contribution in [0.15, 0.2) is 41.4 Å². The summed E-state index contributed by atoms with van der Waals surface area (Å²) in [7, 11) is 0. The smallest absolute Gasteiger partial charge is 0.210 e. The lowest BCUT2D eigenvalue weighted by Crippen LogP contribution is -2.30. The van der Waals surface area contributed by atoms with Crippen molar-refractivity contribution in [3.05, 3.63) is 42.0 Å². The highest BCUT2D eigenvalue weighted by Crippen LogP contribution is 2.21. The monoisotopic (exact) mass is 270 g/mol.